The second-order valence-electron chi connectivity index (χ2n) is 8.44. The Morgan fingerprint density at radius 3 is 2.37 bits per heavy atom. The number of benzene rings is 1. The first-order valence-corrected chi connectivity index (χ1v) is 9.67. The zero-order valence-corrected chi connectivity index (χ0v) is 17.4. The zero-order chi connectivity index (χ0) is 20.2. The molecule has 0 spiro atoms. The van der Waals surface area contributed by atoms with E-state index < -0.39 is 5.60 Å². The van der Waals surface area contributed by atoms with Crippen molar-refractivity contribution in [3.8, 4) is 0 Å². The SMILES string of the molecule is Cc1ccc(NC(=O)[C@H](C)N2CCC(NC(=O)OC(C)(C)C)CC2)c(C)c1. The first-order chi connectivity index (χ1) is 12.5. The van der Waals surface area contributed by atoms with E-state index in [4.69, 9.17) is 4.74 Å². The van der Waals surface area contributed by atoms with Gasteiger partial charge in [0.1, 0.15) is 5.60 Å². The number of carbonyl (C=O) groups excluding carboxylic acids is 2. The molecule has 1 heterocycles. The van der Waals surface area contributed by atoms with Crippen molar-refractivity contribution in [1.29, 1.82) is 0 Å². The third-order valence-electron chi connectivity index (χ3n) is 4.82. The van der Waals surface area contributed by atoms with Gasteiger partial charge in [0.15, 0.2) is 0 Å². The highest BCUT2D eigenvalue weighted by Crippen LogP contribution is 2.19. The largest absolute Gasteiger partial charge is 0.444 e. The molecular formula is C21H33N3O3. The van der Waals surface area contributed by atoms with Gasteiger partial charge in [-0.25, -0.2) is 4.79 Å². The molecule has 1 saturated heterocycles. The van der Waals surface area contributed by atoms with Crippen molar-refractivity contribution in [3.63, 3.8) is 0 Å². The van der Waals surface area contributed by atoms with E-state index in [1.165, 1.54) is 5.56 Å². The van der Waals surface area contributed by atoms with E-state index in [1.807, 2.05) is 53.7 Å². The molecule has 1 aromatic carbocycles. The van der Waals surface area contributed by atoms with Crippen molar-refractivity contribution < 1.29 is 14.3 Å². The molecule has 2 amide bonds. The smallest absolute Gasteiger partial charge is 0.407 e. The van der Waals surface area contributed by atoms with Gasteiger partial charge in [-0.05, 0) is 66.0 Å². The van der Waals surface area contributed by atoms with E-state index in [0.717, 1.165) is 37.2 Å². The highest BCUT2D eigenvalue weighted by atomic mass is 16.6. The number of amides is 2. The lowest BCUT2D eigenvalue weighted by molar-refractivity contribution is -0.121. The van der Waals surface area contributed by atoms with Crippen molar-refractivity contribution in [2.45, 2.75) is 72.1 Å². The number of likely N-dealkylation sites (tertiary alicyclic amines) is 1. The van der Waals surface area contributed by atoms with Gasteiger partial charge >= 0.3 is 6.09 Å². The molecule has 2 rings (SSSR count). The van der Waals surface area contributed by atoms with Crippen molar-refractivity contribution in [2.24, 2.45) is 0 Å². The van der Waals surface area contributed by atoms with Gasteiger partial charge in [-0.2, -0.15) is 0 Å². The van der Waals surface area contributed by atoms with Crippen LogP contribution in [0.1, 0.15) is 51.7 Å². The fraction of sp³-hybridized carbons (Fsp3) is 0.619. The molecule has 1 atom stereocenters. The highest BCUT2D eigenvalue weighted by molar-refractivity contribution is 5.95. The van der Waals surface area contributed by atoms with E-state index in [1.54, 1.807) is 0 Å². The van der Waals surface area contributed by atoms with Crippen LogP contribution >= 0.6 is 0 Å². The zero-order valence-electron chi connectivity index (χ0n) is 17.4. The number of nitrogens with one attached hydrogen (secondary N) is 2. The molecule has 0 bridgehead atoms. The van der Waals surface area contributed by atoms with Crippen LogP contribution < -0.4 is 10.6 Å². The predicted molar refractivity (Wildman–Crippen MR) is 108 cm³/mol. The molecule has 1 aromatic rings. The minimum atomic E-state index is -0.495. The van der Waals surface area contributed by atoms with Crippen LogP contribution in [0.2, 0.25) is 0 Å². The highest BCUT2D eigenvalue weighted by Gasteiger charge is 2.28. The molecule has 6 nitrogen and oxygen atoms in total. The Morgan fingerprint density at radius 2 is 1.81 bits per heavy atom. The maximum Gasteiger partial charge on any atom is 0.407 e. The molecule has 0 unspecified atom stereocenters. The summed E-state index contributed by atoms with van der Waals surface area (Å²) in [5.41, 5.74) is 2.61. The average molecular weight is 376 g/mol. The van der Waals surface area contributed by atoms with Crippen LogP contribution in [0.15, 0.2) is 18.2 Å². The monoisotopic (exact) mass is 375 g/mol. The fourth-order valence-electron chi connectivity index (χ4n) is 3.26. The Bertz CT molecular complexity index is 674. The van der Waals surface area contributed by atoms with Crippen LogP contribution in [-0.4, -0.2) is 47.7 Å². The summed E-state index contributed by atoms with van der Waals surface area (Å²) >= 11 is 0. The van der Waals surface area contributed by atoms with Gasteiger partial charge in [-0.1, -0.05) is 17.7 Å². The second kappa shape index (κ2) is 8.74. The van der Waals surface area contributed by atoms with E-state index in [9.17, 15) is 9.59 Å². The van der Waals surface area contributed by atoms with Gasteiger partial charge < -0.3 is 15.4 Å². The molecule has 1 aliphatic heterocycles. The van der Waals surface area contributed by atoms with Gasteiger partial charge in [-0.15, -0.1) is 0 Å². The molecule has 0 radical (unpaired) electrons. The number of ether oxygens (including phenoxy) is 1. The summed E-state index contributed by atoms with van der Waals surface area (Å²) in [6.45, 7) is 13.1. The van der Waals surface area contributed by atoms with E-state index in [0.29, 0.717) is 0 Å². The Hall–Kier alpha value is -2.08. The van der Waals surface area contributed by atoms with Gasteiger partial charge in [0.05, 0.1) is 6.04 Å². The minimum absolute atomic E-state index is 0.000467. The van der Waals surface area contributed by atoms with Crippen LogP contribution in [-0.2, 0) is 9.53 Å². The second-order valence-corrected chi connectivity index (χ2v) is 8.44. The summed E-state index contributed by atoms with van der Waals surface area (Å²) in [5.74, 6) is 0.000467. The van der Waals surface area contributed by atoms with E-state index in [2.05, 4.69) is 21.6 Å². The summed E-state index contributed by atoms with van der Waals surface area (Å²) in [5, 5.41) is 5.96. The molecule has 6 heteroatoms. The summed E-state index contributed by atoms with van der Waals surface area (Å²) in [6.07, 6.45) is 1.24. The van der Waals surface area contributed by atoms with Gasteiger partial charge in [0.25, 0.3) is 0 Å². The number of aryl methyl sites for hydroxylation is 2. The molecule has 0 aromatic heterocycles. The van der Waals surface area contributed by atoms with Crippen molar-refractivity contribution >= 4 is 17.7 Å². The number of alkyl carbamates (subject to hydrolysis) is 1. The van der Waals surface area contributed by atoms with Crippen molar-refractivity contribution in [3.05, 3.63) is 29.3 Å². The van der Waals surface area contributed by atoms with Crippen molar-refractivity contribution in [1.82, 2.24) is 10.2 Å². The first kappa shape index (κ1) is 21.2. The molecule has 150 valence electrons. The predicted octanol–water partition coefficient (Wildman–Crippen LogP) is 3.62. The number of carbonyl (C=O) groups is 2. The molecule has 1 aliphatic rings. The Labute approximate surface area is 162 Å². The number of rotatable bonds is 4. The first-order valence-electron chi connectivity index (χ1n) is 9.67. The maximum absolute atomic E-state index is 12.6. The third-order valence-corrected chi connectivity index (χ3v) is 4.82. The summed E-state index contributed by atoms with van der Waals surface area (Å²) in [7, 11) is 0. The van der Waals surface area contributed by atoms with Crippen LogP contribution in [0.5, 0.6) is 0 Å². The van der Waals surface area contributed by atoms with Crippen LogP contribution in [0.25, 0.3) is 0 Å². The van der Waals surface area contributed by atoms with E-state index in [-0.39, 0.29) is 24.1 Å². The lowest BCUT2D eigenvalue weighted by Gasteiger charge is -2.35. The third kappa shape index (κ3) is 6.54. The van der Waals surface area contributed by atoms with E-state index >= 15 is 0 Å². The van der Waals surface area contributed by atoms with Gasteiger partial charge in [-0.3, -0.25) is 9.69 Å². The lowest BCUT2D eigenvalue weighted by Crippen LogP contribution is -2.51. The van der Waals surface area contributed by atoms with Crippen LogP contribution in [0.3, 0.4) is 0 Å². The average Bonchev–Trinajstić information content (AvgIpc) is 2.55. The van der Waals surface area contributed by atoms with Crippen LogP contribution in [0, 0.1) is 13.8 Å². The van der Waals surface area contributed by atoms with Crippen LogP contribution in [0.4, 0.5) is 10.5 Å². The minimum Gasteiger partial charge on any atom is -0.444 e. The molecule has 1 fully saturated rings. The number of hydrogen-bond acceptors (Lipinski definition) is 4. The number of piperidine rings is 1. The topological polar surface area (TPSA) is 70.7 Å². The quantitative estimate of drug-likeness (QED) is 0.843. The number of hydrogen-bond donors (Lipinski definition) is 2. The molecule has 0 aliphatic carbocycles. The molecular weight excluding hydrogens is 342 g/mol. The maximum atomic E-state index is 12.6. The van der Waals surface area contributed by atoms with Gasteiger partial charge in [0, 0.05) is 24.8 Å². The number of nitrogens with zero attached hydrogens (tertiary/aromatic N) is 1. The molecule has 27 heavy (non-hydrogen) atoms. The Morgan fingerprint density at radius 1 is 1.19 bits per heavy atom. The normalized spacial score (nSPS) is 17.3. The lowest BCUT2D eigenvalue weighted by atomic mass is 10.0. The molecule has 2 N–H and O–H groups in total. The Kier molecular flexibility index (Phi) is 6.87. The summed E-state index contributed by atoms with van der Waals surface area (Å²) in [6, 6.07) is 5.89. The fourth-order valence-corrected chi connectivity index (χ4v) is 3.26. The van der Waals surface area contributed by atoms with Gasteiger partial charge in [0.2, 0.25) is 5.91 Å². The number of anilines is 1. The molecule has 0 saturated carbocycles. The standard InChI is InChI=1S/C21H33N3O3/c1-14-7-8-18(15(2)13-14)23-19(25)16(3)24-11-9-17(10-12-24)22-20(26)27-21(4,5)6/h7-8,13,16-17H,9-12H2,1-6H3,(H,22,26)(H,23,25)/t16-/m0/s1. The summed E-state index contributed by atoms with van der Waals surface area (Å²) < 4.78 is 5.31. The van der Waals surface area contributed by atoms with Crippen molar-refractivity contribution in [2.75, 3.05) is 18.4 Å². The Balaban J connectivity index is 1.82. The summed E-state index contributed by atoms with van der Waals surface area (Å²) in [4.78, 5) is 26.7.